The van der Waals surface area contributed by atoms with Crippen LogP contribution in [0.2, 0.25) is 0 Å². The van der Waals surface area contributed by atoms with Crippen LogP contribution in [-0.2, 0) is 16.1 Å². The first-order valence-corrected chi connectivity index (χ1v) is 10.0. The molecule has 10 heteroatoms. The Hall–Kier alpha value is -2.98. The summed E-state index contributed by atoms with van der Waals surface area (Å²) in [6, 6.07) is 11.3. The fraction of sp³-hybridized carbons (Fsp3) is 0.167. The lowest BCUT2D eigenvalue weighted by Gasteiger charge is -2.03. The van der Waals surface area contributed by atoms with E-state index in [9.17, 15) is 19.7 Å². The molecule has 3 rings (SSSR count). The molecule has 3 aromatic rings. The molecule has 0 saturated heterocycles. The number of hydrogen-bond donors (Lipinski definition) is 0. The molecule has 0 N–H and O–H groups in total. The number of methoxy groups -OCH3 is 1. The number of nitro groups is 1. The van der Waals surface area contributed by atoms with Crippen LogP contribution >= 0.6 is 23.1 Å². The third-order valence-corrected chi connectivity index (χ3v) is 5.73. The van der Waals surface area contributed by atoms with Crippen molar-refractivity contribution in [2.45, 2.75) is 11.4 Å². The molecule has 0 atom stereocenters. The predicted octanol–water partition coefficient (Wildman–Crippen LogP) is 3.25. The Labute approximate surface area is 167 Å². The summed E-state index contributed by atoms with van der Waals surface area (Å²) in [5.74, 6) is -1.02. The third-order valence-electron chi connectivity index (χ3n) is 3.93. The number of amides is 1. The zero-order valence-corrected chi connectivity index (χ0v) is 16.6. The van der Waals surface area contributed by atoms with Gasteiger partial charge in [0, 0.05) is 22.6 Å². The van der Waals surface area contributed by atoms with Crippen molar-refractivity contribution in [1.82, 2.24) is 4.57 Å². The van der Waals surface area contributed by atoms with E-state index in [1.165, 1.54) is 35.1 Å². The number of hydrogen-bond acceptors (Lipinski definition) is 7. The van der Waals surface area contributed by atoms with E-state index in [0.29, 0.717) is 15.8 Å². The monoisotopic (exact) mass is 417 g/mol. The lowest BCUT2D eigenvalue weighted by atomic mass is 10.2. The largest absolute Gasteiger partial charge is 0.468 e. The van der Waals surface area contributed by atoms with Crippen LogP contribution in [0.3, 0.4) is 0 Å². The standard InChI is InChI=1S/C18H15N3O5S2/c1-26-16(22)10-20-14-9-12(21(24)25)5-8-15(14)28-18(20)19-17(23)11-3-6-13(27-2)7-4-11/h3-9H,10H2,1-2H3. The molecular weight excluding hydrogens is 402 g/mol. The fourth-order valence-electron chi connectivity index (χ4n) is 2.49. The van der Waals surface area contributed by atoms with Crippen LogP contribution in [0.25, 0.3) is 10.2 Å². The van der Waals surface area contributed by atoms with Gasteiger partial charge in [-0.05, 0) is 36.6 Å². The second kappa shape index (κ2) is 8.36. The molecule has 1 amide bonds. The van der Waals surface area contributed by atoms with Crippen molar-refractivity contribution in [3.63, 3.8) is 0 Å². The fourth-order valence-corrected chi connectivity index (χ4v) is 3.90. The van der Waals surface area contributed by atoms with Crippen LogP contribution in [-0.4, -0.2) is 34.7 Å². The van der Waals surface area contributed by atoms with Gasteiger partial charge in [0.25, 0.3) is 11.6 Å². The Bertz CT molecular complexity index is 1130. The van der Waals surface area contributed by atoms with E-state index in [2.05, 4.69) is 4.99 Å². The minimum absolute atomic E-state index is 0.116. The highest BCUT2D eigenvalue weighted by molar-refractivity contribution is 7.98. The molecule has 0 fully saturated rings. The Balaban J connectivity index is 2.13. The molecule has 0 saturated carbocycles. The first-order chi connectivity index (χ1) is 13.4. The first kappa shape index (κ1) is 19.8. The maximum absolute atomic E-state index is 12.6. The third kappa shape index (κ3) is 4.12. The number of esters is 1. The molecule has 0 aliphatic heterocycles. The van der Waals surface area contributed by atoms with Crippen molar-refractivity contribution in [2.75, 3.05) is 13.4 Å². The van der Waals surface area contributed by atoms with Gasteiger partial charge in [0.15, 0.2) is 4.80 Å². The van der Waals surface area contributed by atoms with Crippen LogP contribution in [0, 0.1) is 10.1 Å². The molecule has 8 nitrogen and oxygen atoms in total. The summed E-state index contributed by atoms with van der Waals surface area (Å²) in [6.45, 7) is -0.213. The zero-order valence-electron chi connectivity index (χ0n) is 14.9. The summed E-state index contributed by atoms with van der Waals surface area (Å²) >= 11 is 2.73. The number of nitro benzene ring substituents is 1. The van der Waals surface area contributed by atoms with E-state index in [4.69, 9.17) is 4.74 Å². The van der Waals surface area contributed by atoms with Gasteiger partial charge in [0.2, 0.25) is 0 Å². The predicted molar refractivity (Wildman–Crippen MR) is 107 cm³/mol. The van der Waals surface area contributed by atoms with Crippen molar-refractivity contribution in [3.05, 3.63) is 62.9 Å². The summed E-state index contributed by atoms with van der Waals surface area (Å²) < 4.78 is 6.82. The van der Waals surface area contributed by atoms with Crippen LogP contribution in [0.15, 0.2) is 52.4 Å². The summed E-state index contributed by atoms with van der Waals surface area (Å²) in [6.07, 6.45) is 1.94. The quantitative estimate of drug-likeness (QED) is 0.273. The highest BCUT2D eigenvalue weighted by Crippen LogP contribution is 2.23. The number of thioether (sulfide) groups is 1. The van der Waals surface area contributed by atoms with E-state index in [-0.39, 0.29) is 17.0 Å². The van der Waals surface area contributed by atoms with E-state index < -0.39 is 16.8 Å². The summed E-state index contributed by atoms with van der Waals surface area (Å²) in [5, 5.41) is 11.1. The zero-order chi connectivity index (χ0) is 20.3. The summed E-state index contributed by atoms with van der Waals surface area (Å²) in [4.78, 5) is 40.4. The number of rotatable bonds is 5. The number of thiazole rings is 1. The molecular formula is C18H15N3O5S2. The number of aromatic nitrogens is 1. The normalized spacial score (nSPS) is 11.6. The molecule has 0 spiro atoms. The Morgan fingerprint density at radius 1 is 1.25 bits per heavy atom. The van der Waals surface area contributed by atoms with Gasteiger partial charge in [-0.15, -0.1) is 11.8 Å². The van der Waals surface area contributed by atoms with Gasteiger partial charge in [-0.2, -0.15) is 4.99 Å². The Kier molecular flexibility index (Phi) is 5.90. The van der Waals surface area contributed by atoms with Gasteiger partial charge in [0.1, 0.15) is 6.54 Å². The van der Waals surface area contributed by atoms with E-state index in [0.717, 1.165) is 4.90 Å². The highest BCUT2D eigenvalue weighted by atomic mass is 32.2. The Morgan fingerprint density at radius 3 is 2.57 bits per heavy atom. The maximum Gasteiger partial charge on any atom is 0.325 e. The number of fused-ring (bicyclic) bond motifs is 1. The molecule has 2 aromatic carbocycles. The van der Waals surface area contributed by atoms with Gasteiger partial charge in [-0.1, -0.05) is 11.3 Å². The number of ether oxygens (including phenoxy) is 1. The van der Waals surface area contributed by atoms with E-state index in [1.54, 1.807) is 30.0 Å². The van der Waals surface area contributed by atoms with Crippen molar-refractivity contribution in [3.8, 4) is 0 Å². The second-order valence-electron chi connectivity index (χ2n) is 5.60. The minimum Gasteiger partial charge on any atom is -0.468 e. The molecule has 0 unspecified atom stereocenters. The number of nitrogens with zero attached hydrogens (tertiary/aromatic N) is 3. The minimum atomic E-state index is -0.551. The van der Waals surface area contributed by atoms with Crippen LogP contribution < -0.4 is 4.80 Å². The van der Waals surface area contributed by atoms with Gasteiger partial charge in [0.05, 0.1) is 22.2 Å². The SMILES string of the molecule is COC(=O)Cn1c(=NC(=O)c2ccc(SC)cc2)sc2ccc([N+](=O)[O-])cc21. The van der Waals surface area contributed by atoms with E-state index >= 15 is 0 Å². The van der Waals surface area contributed by atoms with Crippen molar-refractivity contribution < 1.29 is 19.2 Å². The molecule has 28 heavy (non-hydrogen) atoms. The number of carbonyl (C=O) groups is 2. The topological polar surface area (TPSA) is 104 Å². The van der Waals surface area contributed by atoms with Crippen molar-refractivity contribution in [2.24, 2.45) is 4.99 Å². The maximum atomic E-state index is 12.6. The van der Waals surface area contributed by atoms with Crippen LogP contribution in [0.5, 0.6) is 0 Å². The molecule has 1 heterocycles. The average molecular weight is 417 g/mol. The summed E-state index contributed by atoms with van der Waals surface area (Å²) in [5.41, 5.74) is 0.731. The highest BCUT2D eigenvalue weighted by Gasteiger charge is 2.15. The van der Waals surface area contributed by atoms with E-state index in [1.807, 2.05) is 18.4 Å². The molecule has 0 bridgehead atoms. The molecule has 0 aliphatic rings. The van der Waals surface area contributed by atoms with Crippen molar-refractivity contribution in [1.29, 1.82) is 0 Å². The van der Waals surface area contributed by atoms with Gasteiger partial charge < -0.3 is 9.30 Å². The lowest BCUT2D eigenvalue weighted by Crippen LogP contribution is -2.22. The summed E-state index contributed by atoms with van der Waals surface area (Å²) in [7, 11) is 1.25. The molecule has 1 aromatic heterocycles. The number of carbonyl (C=O) groups excluding carboxylic acids is 2. The Morgan fingerprint density at radius 2 is 1.96 bits per heavy atom. The average Bonchev–Trinajstić information content (AvgIpc) is 3.04. The number of non-ortho nitro benzene ring substituents is 1. The first-order valence-electron chi connectivity index (χ1n) is 8.00. The molecule has 0 aliphatic carbocycles. The van der Waals surface area contributed by atoms with Crippen LogP contribution in [0.4, 0.5) is 5.69 Å². The molecule has 144 valence electrons. The van der Waals surface area contributed by atoms with Gasteiger partial charge in [-0.3, -0.25) is 19.7 Å². The van der Waals surface area contributed by atoms with Gasteiger partial charge >= 0.3 is 5.97 Å². The second-order valence-corrected chi connectivity index (χ2v) is 7.49. The lowest BCUT2D eigenvalue weighted by molar-refractivity contribution is -0.384. The molecule has 0 radical (unpaired) electrons. The van der Waals surface area contributed by atoms with Gasteiger partial charge in [-0.25, -0.2) is 0 Å². The van der Waals surface area contributed by atoms with Crippen molar-refractivity contribution >= 4 is 50.9 Å². The van der Waals surface area contributed by atoms with Crippen LogP contribution in [0.1, 0.15) is 10.4 Å². The smallest absolute Gasteiger partial charge is 0.325 e. The number of benzene rings is 2.